The Hall–Kier alpha value is -1.67. The molecule has 2 nitrogen and oxygen atoms in total. The van der Waals surface area contributed by atoms with E-state index in [1.165, 1.54) is 27.8 Å². The molecule has 0 saturated heterocycles. The van der Waals surface area contributed by atoms with E-state index in [9.17, 15) is 0 Å². The van der Waals surface area contributed by atoms with Crippen LogP contribution in [0.4, 0.5) is 0 Å². The van der Waals surface area contributed by atoms with Crippen LogP contribution in [0.3, 0.4) is 0 Å². The summed E-state index contributed by atoms with van der Waals surface area (Å²) in [7, 11) is 0. The standard InChI is InChI=1S/C17H22N2/c1-4-14-11-19-9-8-15(14)17(18)10-16-12(2)6-5-7-13(16)3/h5-9,11,17H,4,10,18H2,1-3H3. The average molecular weight is 254 g/mol. The third-order valence-electron chi connectivity index (χ3n) is 3.79. The lowest BCUT2D eigenvalue weighted by Crippen LogP contribution is -2.16. The molecule has 2 aromatic rings. The highest BCUT2D eigenvalue weighted by Gasteiger charge is 2.13. The van der Waals surface area contributed by atoms with Crippen LogP contribution in [0, 0.1) is 13.8 Å². The number of nitrogens with two attached hydrogens (primary N) is 1. The molecular formula is C17H22N2. The normalized spacial score (nSPS) is 12.4. The summed E-state index contributed by atoms with van der Waals surface area (Å²) in [5.74, 6) is 0. The Balaban J connectivity index is 2.28. The Morgan fingerprint density at radius 1 is 1.16 bits per heavy atom. The van der Waals surface area contributed by atoms with Gasteiger partial charge in [-0.25, -0.2) is 0 Å². The molecule has 100 valence electrons. The molecule has 2 N–H and O–H groups in total. The fourth-order valence-electron chi connectivity index (χ4n) is 2.60. The molecule has 1 aromatic carbocycles. The lowest BCUT2D eigenvalue weighted by Gasteiger charge is -2.18. The Morgan fingerprint density at radius 3 is 2.47 bits per heavy atom. The van der Waals surface area contributed by atoms with Crippen LogP contribution in [-0.2, 0) is 12.8 Å². The van der Waals surface area contributed by atoms with Crippen LogP contribution in [0.25, 0.3) is 0 Å². The van der Waals surface area contributed by atoms with Crippen molar-refractivity contribution in [2.45, 2.75) is 39.7 Å². The van der Waals surface area contributed by atoms with Crippen molar-refractivity contribution in [3.05, 3.63) is 64.5 Å². The van der Waals surface area contributed by atoms with Crippen molar-refractivity contribution < 1.29 is 0 Å². The van der Waals surface area contributed by atoms with Gasteiger partial charge in [0.15, 0.2) is 0 Å². The average Bonchev–Trinajstić information content (AvgIpc) is 2.42. The van der Waals surface area contributed by atoms with Gasteiger partial charge in [0.1, 0.15) is 0 Å². The Labute approximate surface area is 115 Å². The number of hydrogen-bond donors (Lipinski definition) is 1. The third kappa shape index (κ3) is 3.02. The van der Waals surface area contributed by atoms with Gasteiger partial charge in [0.2, 0.25) is 0 Å². The van der Waals surface area contributed by atoms with Crippen LogP contribution < -0.4 is 5.73 Å². The number of aryl methyl sites for hydroxylation is 3. The zero-order valence-electron chi connectivity index (χ0n) is 12.0. The highest BCUT2D eigenvalue weighted by atomic mass is 14.7. The summed E-state index contributed by atoms with van der Waals surface area (Å²) in [5.41, 5.74) is 12.9. The maximum atomic E-state index is 6.41. The molecule has 0 saturated carbocycles. The predicted octanol–water partition coefficient (Wildman–Crippen LogP) is 3.50. The van der Waals surface area contributed by atoms with Crippen molar-refractivity contribution in [2.75, 3.05) is 0 Å². The van der Waals surface area contributed by atoms with Gasteiger partial charge in [0, 0.05) is 18.4 Å². The maximum absolute atomic E-state index is 6.41. The molecule has 2 rings (SSSR count). The molecule has 0 aliphatic rings. The Bertz CT molecular complexity index is 541. The molecule has 2 heteroatoms. The van der Waals surface area contributed by atoms with Gasteiger partial charge in [-0.2, -0.15) is 0 Å². The van der Waals surface area contributed by atoms with Gasteiger partial charge in [0.05, 0.1) is 0 Å². The topological polar surface area (TPSA) is 38.9 Å². The monoisotopic (exact) mass is 254 g/mol. The fraction of sp³-hybridized carbons (Fsp3) is 0.353. The molecule has 0 aliphatic heterocycles. The van der Waals surface area contributed by atoms with Crippen LogP contribution >= 0.6 is 0 Å². The summed E-state index contributed by atoms with van der Waals surface area (Å²) in [4.78, 5) is 4.19. The molecule has 0 amide bonds. The molecule has 0 spiro atoms. The second-order valence-corrected chi connectivity index (χ2v) is 5.11. The first-order chi connectivity index (χ1) is 9.13. The van der Waals surface area contributed by atoms with E-state index in [1.807, 2.05) is 12.4 Å². The third-order valence-corrected chi connectivity index (χ3v) is 3.79. The Morgan fingerprint density at radius 2 is 1.84 bits per heavy atom. The van der Waals surface area contributed by atoms with Crippen molar-refractivity contribution in [3.8, 4) is 0 Å². The van der Waals surface area contributed by atoms with Gasteiger partial charge in [-0.05, 0) is 60.6 Å². The molecule has 0 fully saturated rings. The molecule has 19 heavy (non-hydrogen) atoms. The number of hydrogen-bond acceptors (Lipinski definition) is 2. The van der Waals surface area contributed by atoms with E-state index in [1.54, 1.807) is 0 Å². The molecule has 0 bridgehead atoms. The number of rotatable bonds is 4. The lowest BCUT2D eigenvalue weighted by atomic mass is 9.91. The molecular weight excluding hydrogens is 232 g/mol. The first kappa shape index (κ1) is 13.8. The SMILES string of the molecule is CCc1cnccc1C(N)Cc1c(C)cccc1C. The number of benzene rings is 1. The summed E-state index contributed by atoms with van der Waals surface area (Å²) in [5, 5.41) is 0. The van der Waals surface area contributed by atoms with Crippen molar-refractivity contribution in [2.24, 2.45) is 5.73 Å². The van der Waals surface area contributed by atoms with E-state index in [2.05, 4.69) is 50.0 Å². The van der Waals surface area contributed by atoms with Crippen LogP contribution in [-0.4, -0.2) is 4.98 Å². The van der Waals surface area contributed by atoms with Crippen molar-refractivity contribution in [1.29, 1.82) is 0 Å². The van der Waals surface area contributed by atoms with E-state index in [0.29, 0.717) is 0 Å². The van der Waals surface area contributed by atoms with Crippen LogP contribution in [0.5, 0.6) is 0 Å². The van der Waals surface area contributed by atoms with E-state index in [4.69, 9.17) is 5.73 Å². The minimum atomic E-state index is 0.0396. The second kappa shape index (κ2) is 5.98. The smallest absolute Gasteiger partial charge is 0.0339 e. The second-order valence-electron chi connectivity index (χ2n) is 5.11. The van der Waals surface area contributed by atoms with E-state index in [0.717, 1.165) is 12.8 Å². The lowest BCUT2D eigenvalue weighted by molar-refractivity contribution is 0.704. The van der Waals surface area contributed by atoms with Gasteiger partial charge >= 0.3 is 0 Å². The van der Waals surface area contributed by atoms with Crippen molar-refractivity contribution >= 4 is 0 Å². The molecule has 1 atom stereocenters. The first-order valence-corrected chi connectivity index (χ1v) is 6.87. The van der Waals surface area contributed by atoms with Gasteiger partial charge in [-0.15, -0.1) is 0 Å². The zero-order chi connectivity index (χ0) is 13.8. The molecule has 1 aromatic heterocycles. The maximum Gasteiger partial charge on any atom is 0.0339 e. The minimum absolute atomic E-state index is 0.0396. The molecule has 1 unspecified atom stereocenters. The van der Waals surface area contributed by atoms with Crippen LogP contribution in [0.15, 0.2) is 36.7 Å². The first-order valence-electron chi connectivity index (χ1n) is 6.87. The van der Waals surface area contributed by atoms with E-state index >= 15 is 0 Å². The van der Waals surface area contributed by atoms with Crippen molar-refractivity contribution in [1.82, 2.24) is 4.98 Å². The number of aromatic nitrogens is 1. The van der Waals surface area contributed by atoms with Crippen LogP contribution in [0.2, 0.25) is 0 Å². The summed E-state index contributed by atoms with van der Waals surface area (Å²) in [6, 6.07) is 8.50. The fourth-order valence-corrected chi connectivity index (χ4v) is 2.60. The quantitative estimate of drug-likeness (QED) is 0.907. The van der Waals surface area contributed by atoms with Crippen molar-refractivity contribution in [3.63, 3.8) is 0 Å². The highest BCUT2D eigenvalue weighted by molar-refractivity contribution is 5.36. The van der Waals surface area contributed by atoms with E-state index in [-0.39, 0.29) is 6.04 Å². The summed E-state index contributed by atoms with van der Waals surface area (Å²) in [6.45, 7) is 6.46. The molecule has 0 radical (unpaired) electrons. The van der Waals surface area contributed by atoms with Crippen LogP contribution in [0.1, 0.15) is 40.8 Å². The number of pyridine rings is 1. The largest absolute Gasteiger partial charge is 0.324 e. The zero-order valence-corrected chi connectivity index (χ0v) is 12.0. The molecule has 1 heterocycles. The van der Waals surface area contributed by atoms with E-state index < -0.39 is 0 Å². The highest BCUT2D eigenvalue weighted by Crippen LogP contribution is 2.23. The predicted molar refractivity (Wildman–Crippen MR) is 80.2 cm³/mol. The minimum Gasteiger partial charge on any atom is -0.324 e. The number of nitrogens with zero attached hydrogens (tertiary/aromatic N) is 1. The van der Waals surface area contributed by atoms with Gasteiger partial charge in [-0.3, -0.25) is 4.98 Å². The molecule has 0 aliphatic carbocycles. The van der Waals surface area contributed by atoms with Gasteiger partial charge in [0.25, 0.3) is 0 Å². The summed E-state index contributed by atoms with van der Waals surface area (Å²) < 4.78 is 0. The summed E-state index contributed by atoms with van der Waals surface area (Å²) in [6.07, 6.45) is 5.62. The summed E-state index contributed by atoms with van der Waals surface area (Å²) >= 11 is 0. The Kier molecular flexibility index (Phi) is 4.33. The van der Waals surface area contributed by atoms with Gasteiger partial charge in [-0.1, -0.05) is 25.1 Å². The van der Waals surface area contributed by atoms with Gasteiger partial charge < -0.3 is 5.73 Å².